The van der Waals surface area contributed by atoms with Crippen molar-refractivity contribution in [2.75, 3.05) is 10.6 Å². The molecule has 4 nitrogen and oxygen atoms in total. The highest BCUT2D eigenvalue weighted by molar-refractivity contribution is 6.01. The second-order valence-electron chi connectivity index (χ2n) is 9.07. The van der Waals surface area contributed by atoms with Crippen molar-refractivity contribution >= 4 is 17.2 Å². The molecule has 0 aromatic heterocycles. The number of benzene rings is 3. The van der Waals surface area contributed by atoms with Crippen molar-refractivity contribution in [3.05, 3.63) is 95.7 Å². The number of ketones is 1. The highest BCUT2D eigenvalue weighted by atomic mass is 16.5. The second-order valence-corrected chi connectivity index (χ2v) is 9.07. The first-order chi connectivity index (χ1) is 15.0. The SMILES string of the molecule is CC1(C)CC(=O)C2=C(C1)Nc1ccccc1N[C@@H]2c1cccc(Oc2ccccc2)c1. The summed E-state index contributed by atoms with van der Waals surface area (Å²) in [7, 11) is 0. The number of hydrogen-bond acceptors (Lipinski definition) is 4. The lowest BCUT2D eigenvalue weighted by Crippen LogP contribution is -2.31. The number of carbonyl (C=O) groups is 1. The molecule has 0 spiro atoms. The zero-order valence-electron chi connectivity index (χ0n) is 17.8. The number of ether oxygens (including phenoxy) is 1. The third kappa shape index (κ3) is 3.93. The van der Waals surface area contributed by atoms with Gasteiger partial charge >= 0.3 is 0 Å². The largest absolute Gasteiger partial charge is 0.457 e. The predicted octanol–water partition coefficient (Wildman–Crippen LogP) is 6.70. The molecule has 0 saturated heterocycles. The predicted molar refractivity (Wildman–Crippen MR) is 124 cm³/mol. The van der Waals surface area contributed by atoms with Crippen molar-refractivity contribution in [1.29, 1.82) is 0 Å². The van der Waals surface area contributed by atoms with Crippen LogP contribution in [0.2, 0.25) is 0 Å². The van der Waals surface area contributed by atoms with Gasteiger partial charge in [-0.05, 0) is 53.8 Å². The van der Waals surface area contributed by atoms with Crippen LogP contribution in [0.4, 0.5) is 11.4 Å². The van der Waals surface area contributed by atoms with Crippen LogP contribution in [-0.2, 0) is 4.79 Å². The van der Waals surface area contributed by atoms with Gasteiger partial charge in [0, 0.05) is 17.7 Å². The van der Waals surface area contributed by atoms with Crippen LogP contribution in [0.3, 0.4) is 0 Å². The average Bonchev–Trinajstić information content (AvgIpc) is 2.90. The van der Waals surface area contributed by atoms with Gasteiger partial charge in [-0.1, -0.05) is 56.3 Å². The van der Waals surface area contributed by atoms with Crippen LogP contribution in [0.1, 0.15) is 38.3 Å². The number of hydrogen-bond donors (Lipinski definition) is 2. The van der Waals surface area contributed by atoms with Gasteiger partial charge in [-0.2, -0.15) is 0 Å². The van der Waals surface area contributed by atoms with E-state index < -0.39 is 0 Å². The topological polar surface area (TPSA) is 50.4 Å². The summed E-state index contributed by atoms with van der Waals surface area (Å²) < 4.78 is 6.06. The van der Waals surface area contributed by atoms with Gasteiger partial charge in [0.05, 0.1) is 17.4 Å². The second kappa shape index (κ2) is 7.62. The summed E-state index contributed by atoms with van der Waals surface area (Å²) in [4.78, 5) is 13.3. The maximum Gasteiger partial charge on any atom is 0.163 e. The summed E-state index contributed by atoms with van der Waals surface area (Å²) >= 11 is 0. The summed E-state index contributed by atoms with van der Waals surface area (Å²) in [6.45, 7) is 4.31. The van der Waals surface area contributed by atoms with E-state index in [4.69, 9.17) is 4.74 Å². The van der Waals surface area contributed by atoms with Crippen LogP contribution in [0, 0.1) is 5.41 Å². The number of rotatable bonds is 3. The fourth-order valence-electron chi connectivity index (χ4n) is 4.52. The molecule has 0 bridgehead atoms. The number of fused-ring (bicyclic) bond motifs is 1. The van der Waals surface area contributed by atoms with Crippen molar-refractivity contribution in [3.63, 3.8) is 0 Å². The maximum absolute atomic E-state index is 13.3. The van der Waals surface area contributed by atoms with E-state index in [1.54, 1.807) is 0 Å². The van der Waals surface area contributed by atoms with Gasteiger partial charge in [-0.25, -0.2) is 0 Å². The van der Waals surface area contributed by atoms with Gasteiger partial charge in [0.1, 0.15) is 11.5 Å². The van der Waals surface area contributed by atoms with Crippen LogP contribution in [0.5, 0.6) is 11.5 Å². The molecule has 31 heavy (non-hydrogen) atoms. The molecule has 156 valence electrons. The van der Waals surface area contributed by atoms with E-state index in [9.17, 15) is 4.79 Å². The Hall–Kier alpha value is -3.53. The Balaban J connectivity index is 1.58. The molecular weight excluding hydrogens is 384 g/mol. The molecule has 1 aliphatic heterocycles. The Morgan fingerprint density at radius 2 is 1.55 bits per heavy atom. The third-order valence-electron chi connectivity index (χ3n) is 5.89. The molecule has 1 heterocycles. The van der Waals surface area contributed by atoms with Crippen molar-refractivity contribution in [3.8, 4) is 11.5 Å². The summed E-state index contributed by atoms with van der Waals surface area (Å²) in [5.74, 6) is 1.73. The van der Waals surface area contributed by atoms with E-state index in [0.29, 0.717) is 6.42 Å². The van der Waals surface area contributed by atoms with Crippen molar-refractivity contribution in [1.82, 2.24) is 0 Å². The van der Waals surface area contributed by atoms with E-state index in [-0.39, 0.29) is 17.2 Å². The third-order valence-corrected chi connectivity index (χ3v) is 5.89. The van der Waals surface area contributed by atoms with Gasteiger partial charge in [0.25, 0.3) is 0 Å². The molecule has 0 saturated carbocycles. The molecule has 0 radical (unpaired) electrons. The monoisotopic (exact) mass is 410 g/mol. The van der Waals surface area contributed by atoms with Gasteiger partial charge in [0.15, 0.2) is 5.78 Å². The number of nitrogens with one attached hydrogen (secondary N) is 2. The molecule has 2 aliphatic rings. The van der Waals surface area contributed by atoms with Crippen LogP contribution in [0.15, 0.2) is 90.1 Å². The Morgan fingerprint density at radius 1 is 0.839 bits per heavy atom. The Bertz CT molecular complexity index is 1160. The summed E-state index contributed by atoms with van der Waals surface area (Å²) in [5.41, 5.74) is 4.77. The average molecular weight is 411 g/mol. The Labute approximate surface area is 183 Å². The molecule has 0 unspecified atom stereocenters. The lowest BCUT2D eigenvalue weighted by atomic mass is 9.73. The zero-order valence-corrected chi connectivity index (χ0v) is 17.8. The molecule has 5 rings (SSSR count). The highest BCUT2D eigenvalue weighted by Crippen LogP contribution is 2.45. The number of allylic oxidation sites excluding steroid dienone is 1. The molecular formula is C27H26N2O2. The van der Waals surface area contributed by atoms with Crippen molar-refractivity contribution in [2.45, 2.75) is 32.7 Å². The number of Topliss-reactive ketones (excluding diaryl/α,β-unsaturated/α-hetero) is 1. The van der Waals surface area contributed by atoms with Crippen LogP contribution < -0.4 is 15.4 Å². The lowest BCUT2D eigenvalue weighted by molar-refractivity contribution is -0.118. The molecule has 1 aliphatic carbocycles. The normalized spacial score (nSPS) is 19.4. The minimum Gasteiger partial charge on any atom is -0.457 e. The van der Waals surface area contributed by atoms with E-state index in [1.807, 2.05) is 66.7 Å². The molecule has 3 aromatic rings. The quantitative estimate of drug-likeness (QED) is 0.504. The molecule has 0 amide bonds. The number of anilines is 2. The zero-order chi connectivity index (χ0) is 21.4. The van der Waals surface area contributed by atoms with Gasteiger partial charge < -0.3 is 15.4 Å². The van der Waals surface area contributed by atoms with Gasteiger partial charge in [-0.3, -0.25) is 4.79 Å². The summed E-state index contributed by atoms with van der Waals surface area (Å²) in [5, 5.41) is 7.19. The van der Waals surface area contributed by atoms with E-state index in [1.165, 1.54) is 0 Å². The van der Waals surface area contributed by atoms with Crippen LogP contribution in [0.25, 0.3) is 0 Å². The Morgan fingerprint density at radius 3 is 2.35 bits per heavy atom. The molecule has 3 aromatic carbocycles. The fourth-order valence-corrected chi connectivity index (χ4v) is 4.52. The first-order valence-electron chi connectivity index (χ1n) is 10.7. The minimum absolute atomic E-state index is 0.0645. The standard InChI is InChI=1S/C27H26N2O2/c1-27(2)16-23-25(24(30)17-27)26(29-22-14-7-6-13-21(22)28-23)18-9-8-12-20(15-18)31-19-10-4-3-5-11-19/h3-15,26,28-29H,16-17H2,1-2H3/t26-/m1/s1. The summed E-state index contributed by atoms with van der Waals surface area (Å²) in [6.07, 6.45) is 1.38. The van der Waals surface area contributed by atoms with E-state index >= 15 is 0 Å². The van der Waals surface area contributed by atoms with Crippen LogP contribution in [-0.4, -0.2) is 5.78 Å². The lowest BCUT2D eigenvalue weighted by Gasteiger charge is -2.34. The molecule has 0 fully saturated rings. The molecule has 2 N–H and O–H groups in total. The summed E-state index contributed by atoms with van der Waals surface area (Å²) in [6, 6.07) is 25.6. The Kier molecular flexibility index (Phi) is 4.78. The van der Waals surface area contributed by atoms with Crippen molar-refractivity contribution in [2.24, 2.45) is 5.41 Å². The number of carbonyl (C=O) groups excluding carboxylic acids is 1. The highest BCUT2D eigenvalue weighted by Gasteiger charge is 2.38. The van der Waals surface area contributed by atoms with Gasteiger partial charge in [-0.15, -0.1) is 0 Å². The minimum atomic E-state index is -0.242. The maximum atomic E-state index is 13.3. The smallest absolute Gasteiger partial charge is 0.163 e. The molecule has 1 atom stereocenters. The van der Waals surface area contributed by atoms with Gasteiger partial charge in [0.2, 0.25) is 0 Å². The number of para-hydroxylation sites is 3. The van der Waals surface area contributed by atoms with Crippen LogP contribution >= 0.6 is 0 Å². The van der Waals surface area contributed by atoms with E-state index in [2.05, 4.69) is 36.6 Å². The van der Waals surface area contributed by atoms with E-state index in [0.717, 1.165) is 46.1 Å². The van der Waals surface area contributed by atoms with Crippen molar-refractivity contribution < 1.29 is 9.53 Å². The first kappa shape index (κ1) is 19.4. The first-order valence-corrected chi connectivity index (χ1v) is 10.7. The molecule has 4 heteroatoms. The fraction of sp³-hybridized carbons (Fsp3) is 0.222.